The summed E-state index contributed by atoms with van der Waals surface area (Å²) in [4.78, 5) is 43.5. The quantitative estimate of drug-likeness (QED) is 0.122. The summed E-state index contributed by atoms with van der Waals surface area (Å²) in [5.41, 5.74) is 4.05. The molecule has 0 bridgehead atoms. The number of rotatable bonds is 6. The molecule has 1 aliphatic rings. The van der Waals surface area contributed by atoms with Gasteiger partial charge in [0, 0.05) is 27.8 Å². The maximum absolute atomic E-state index is 12.7. The minimum Gasteiger partial charge on any atom is -0.322 e. The fourth-order valence-corrected chi connectivity index (χ4v) is 7.49. The average Bonchev–Trinajstić information content (AvgIpc) is 3.49. The molecule has 0 spiro atoms. The Labute approximate surface area is 241 Å². The lowest BCUT2D eigenvalue weighted by Gasteiger charge is -2.07. The zero-order valence-corrected chi connectivity index (χ0v) is 23.4. The van der Waals surface area contributed by atoms with Gasteiger partial charge in [-0.3, -0.25) is 19.7 Å². The zero-order valence-electron chi connectivity index (χ0n) is 20.9. The Morgan fingerprint density at radius 1 is 1.02 bits per heavy atom. The summed E-state index contributed by atoms with van der Waals surface area (Å²) < 4.78 is 1.49. The van der Waals surface area contributed by atoms with Gasteiger partial charge >= 0.3 is 0 Å². The normalized spacial score (nSPS) is 13.5. The molecule has 0 fully saturated rings. The summed E-state index contributed by atoms with van der Waals surface area (Å²) >= 11 is 3.98. The first-order chi connectivity index (χ1) is 19.4. The van der Waals surface area contributed by atoms with Crippen LogP contribution in [0.3, 0.4) is 0 Å². The van der Waals surface area contributed by atoms with Gasteiger partial charge in [-0.25, -0.2) is 4.98 Å². The molecule has 0 unspecified atom stereocenters. The number of benzene rings is 4. The molecule has 6 rings (SSSR count). The molecule has 5 aromatic rings. The van der Waals surface area contributed by atoms with Crippen LogP contribution in [0.15, 0.2) is 104 Å². The van der Waals surface area contributed by atoms with E-state index in [0.29, 0.717) is 36.5 Å². The predicted molar refractivity (Wildman–Crippen MR) is 161 cm³/mol. The van der Waals surface area contributed by atoms with E-state index in [1.54, 1.807) is 36.4 Å². The van der Waals surface area contributed by atoms with E-state index in [9.17, 15) is 19.7 Å². The van der Waals surface area contributed by atoms with Crippen LogP contribution in [-0.2, 0) is 0 Å². The number of nitrogens with one attached hydrogen (secondary N) is 1. The number of nitro groups is 1. The first kappa shape index (κ1) is 26.0. The van der Waals surface area contributed by atoms with E-state index in [-0.39, 0.29) is 17.4 Å². The summed E-state index contributed by atoms with van der Waals surface area (Å²) in [7, 11) is 0. The molecule has 1 amide bonds. The van der Waals surface area contributed by atoms with E-state index in [2.05, 4.69) is 10.3 Å². The number of aryl methyl sites for hydroxylation is 1. The maximum atomic E-state index is 12.7. The van der Waals surface area contributed by atoms with Gasteiger partial charge in [0.2, 0.25) is 5.78 Å². The fraction of sp³-hybridized carbons (Fsp3) is 0.0333. The van der Waals surface area contributed by atoms with Gasteiger partial charge in [-0.15, -0.1) is 11.3 Å². The van der Waals surface area contributed by atoms with Crippen LogP contribution in [0.25, 0.3) is 16.3 Å². The Hall–Kier alpha value is -4.25. The van der Waals surface area contributed by atoms with Crippen LogP contribution >= 0.6 is 34.9 Å². The van der Waals surface area contributed by atoms with Crippen LogP contribution in [-0.4, -0.2) is 21.6 Å². The summed E-state index contributed by atoms with van der Waals surface area (Å²) in [6, 6.07) is 25.2. The van der Waals surface area contributed by atoms with E-state index in [0.717, 1.165) is 20.7 Å². The lowest BCUT2D eigenvalue weighted by atomic mass is 10.1. The van der Waals surface area contributed by atoms with E-state index in [1.165, 1.54) is 40.9 Å². The van der Waals surface area contributed by atoms with Crippen molar-refractivity contribution in [1.29, 1.82) is 0 Å². The first-order valence-electron chi connectivity index (χ1n) is 12.1. The number of thiazole rings is 1. The molecule has 1 aromatic heterocycles. The Balaban J connectivity index is 1.23. The summed E-state index contributed by atoms with van der Waals surface area (Å²) in [5.74, 6) is -0.269. The van der Waals surface area contributed by atoms with Crippen molar-refractivity contribution in [3.63, 3.8) is 0 Å². The first-order valence-corrected chi connectivity index (χ1v) is 14.6. The number of carbonyl (C=O) groups excluding carboxylic acids is 2. The number of hydrogen-bond acceptors (Lipinski definition) is 8. The summed E-state index contributed by atoms with van der Waals surface area (Å²) in [6.07, 6.45) is 1.69. The molecule has 0 atom stereocenters. The van der Waals surface area contributed by atoms with Gasteiger partial charge in [-0.05, 0) is 66.6 Å². The Morgan fingerprint density at radius 2 is 1.82 bits per heavy atom. The second kappa shape index (κ2) is 10.7. The molecular formula is C30H19N3O4S3. The van der Waals surface area contributed by atoms with E-state index < -0.39 is 4.92 Å². The molecule has 0 radical (unpaired) electrons. The smallest absolute Gasteiger partial charge is 0.283 e. The topological polar surface area (TPSA) is 102 Å². The molecule has 196 valence electrons. The van der Waals surface area contributed by atoms with Crippen molar-refractivity contribution >= 4 is 74.2 Å². The molecule has 1 N–H and O–H groups in total. The van der Waals surface area contributed by atoms with Crippen molar-refractivity contribution in [3.05, 3.63) is 122 Å². The maximum Gasteiger partial charge on any atom is 0.283 e. The van der Waals surface area contributed by atoms with Crippen LogP contribution in [0.1, 0.15) is 31.8 Å². The zero-order chi connectivity index (χ0) is 27.8. The highest BCUT2D eigenvalue weighted by molar-refractivity contribution is 8.05. The van der Waals surface area contributed by atoms with Crippen LogP contribution in [0.4, 0.5) is 11.4 Å². The molecule has 7 nitrogen and oxygen atoms in total. The van der Waals surface area contributed by atoms with Crippen molar-refractivity contribution in [2.24, 2.45) is 0 Å². The van der Waals surface area contributed by atoms with Crippen molar-refractivity contribution in [2.75, 3.05) is 5.32 Å². The summed E-state index contributed by atoms with van der Waals surface area (Å²) in [5, 5.41) is 14.9. The number of hydrogen-bond donors (Lipinski definition) is 1. The number of allylic oxidation sites excluding steroid dienone is 1. The highest BCUT2D eigenvalue weighted by Crippen LogP contribution is 2.42. The molecule has 4 aromatic carbocycles. The number of carbonyl (C=O) groups is 2. The van der Waals surface area contributed by atoms with Gasteiger partial charge in [-0.1, -0.05) is 59.9 Å². The second-order valence-corrected chi connectivity index (χ2v) is 12.4. The number of amides is 1. The number of nitro benzene ring substituents is 1. The van der Waals surface area contributed by atoms with Gasteiger partial charge in [0.05, 0.1) is 24.9 Å². The Kier molecular flexibility index (Phi) is 6.97. The number of fused-ring (bicyclic) bond motifs is 2. The highest BCUT2D eigenvalue weighted by Gasteiger charge is 2.26. The number of nitrogens with zero attached hydrogens (tertiary/aromatic N) is 2. The van der Waals surface area contributed by atoms with Crippen LogP contribution < -0.4 is 5.32 Å². The van der Waals surface area contributed by atoms with Crippen molar-refractivity contribution in [3.8, 4) is 0 Å². The number of thioether (sulfide) groups is 1. The summed E-state index contributed by atoms with van der Waals surface area (Å²) in [6.45, 7) is 1.89. The average molecular weight is 582 g/mol. The Bertz CT molecular complexity index is 1880. The largest absolute Gasteiger partial charge is 0.322 e. The number of Topliss-reactive ketones (excluding diaryl/α,β-unsaturated/α-hetero) is 1. The van der Waals surface area contributed by atoms with Gasteiger partial charge in [0.1, 0.15) is 0 Å². The molecule has 0 saturated heterocycles. The number of ketones is 1. The third-order valence-corrected chi connectivity index (χ3v) is 9.51. The van der Waals surface area contributed by atoms with Crippen molar-refractivity contribution in [1.82, 2.24) is 4.98 Å². The van der Waals surface area contributed by atoms with Crippen LogP contribution in [0.2, 0.25) is 0 Å². The minimum atomic E-state index is -0.421. The van der Waals surface area contributed by atoms with Gasteiger partial charge in [0.25, 0.3) is 11.6 Å². The minimum absolute atomic E-state index is 0.0576. The van der Waals surface area contributed by atoms with Gasteiger partial charge in [-0.2, -0.15) is 0 Å². The number of aromatic nitrogens is 1. The standard InChI is InChI=1S/C30H19N3O4S3/c1-17-6-2-3-7-20(17)29(35)31-19-11-12-22-26(16-19)40-30(32-22)39-25-13-10-18(14-23(25)33(36)37)15-27-28(34)21-8-4-5-9-24(21)38-27/h2-16H,1H3,(H,31,35)/b27-15-. The highest BCUT2D eigenvalue weighted by atomic mass is 32.2. The third kappa shape index (κ3) is 5.16. The predicted octanol–water partition coefficient (Wildman–Crippen LogP) is 8.25. The molecule has 1 aliphatic heterocycles. The van der Waals surface area contributed by atoms with Crippen LogP contribution in [0, 0.1) is 17.0 Å². The molecule has 2 heterocycles. The SMILES string of the molecule is Cc1ccccc1C(=O)Nc1ccc2nc(Sc3ccc(/C=C4\Sc5ccccc5C4=O)cc3[N+](=O)[O-])sc2c1. The lowest BCUT2D eigenvalue weighted by molar-refractivity contribution is -0.387. The third-order valence-electron chi connectivity index (χ3n) is 6.27. The molecule has 10 heteroatoms. The van der Waals surface area contributed by atoms with E-state index in [4.69, 9.17) is 0 Å². The lowest BCUT2D eigenvalue weighted by Crippen LogP contribution is -2.13. The Morgan fingerprint density at radius 3 is 2.62 bits per heavy atom. The number of anilines is 1. The second-order valence-electron chi connectivity index (χ2n) is 8.95. The van der Waals surface area contributed by atoms with E-state index in [1.807, 2.05) is 55.5 Å². The fourth-order valence-electron chi connectivity index (χ4n) is 4.29. The van der Waals surface area contributed by atoms with Crippen molar-refractivity contribution in [2.45, 2.75) is 21.1 Å². The molecule has 0 aliphatic carbocycles. The molecular weight excluding hydrogens is 563 g/mol. The van der Waals surface area contributed by atoms with Crippen LogP contribution in [0.5, 0.6) is 0 Å². The van der Waals surface area contributed by atoms with Gasteiger partial charge in [0.15, 0.2) is 4.34 Å². The monoisotopic (exact) mass is 581 g/mol. The van der Waals surface area contributed by atoms with Gasteiger partial charge < -0.3 is 5.32 Å². The van der Waals surface area contributed by atoms with E-state index >= 15 is 0 Å². The molecule has 0 saturated carbocycles. The van der Waals surface area contributed by atoms with Crippen molar-refractivity contribution < 1.29 is 14.5 Å². The molecule has 40 heavy (non-hydrogen) atoms.